The predicted octanol–water partition coefficient (Wildman–Crippen LogP) is 2.53. The molecule has 0 bridgehead atoms. The summed E-state index contributed by atoms with van der Waals surface area (Å²) in [7, 11) is 0. The number of hydrogen-bond donors (Lipinski definition) is 3. The topological polar surface area (TPSA) is 131 Å². The van der Waals surface area contributed by atoms with Gasteiger partial charge in [0.15, 0.2) is 5.76 Å². The van der Waals surface area contributed by atoms with Gasteiger partial charge >= 0.3 is 0 Å². The van der Waals surface area contributed by atoms with E-state index >= 15 is 0 Å². The summed E-state index contributed by atoms with van der Waals surface area (Å²) in [6.45, 7) is 1.63. The van der Waals surface area contributed by atoms with Gasteiger partial charge in [0.1, 0.15) is 11.6 Å². The number of rotatable bonds is 7. The van der Waals surface area contributed by atoms with E-state index in [1.807, 2.05) is 42.5 Å². The lowest BCUT2D eigenvalue weighted by atomic mass is 10.00. The normalized spacial score (nSPS) is 11.9. The zero-order chi connectivity index (χ0) is 22.0. The molecule has 0 spiro atoms. The first kappa shape index (κ1) is 20.1. The quantitative estimate of drug-likeness (QED) is 0.399. The first-order valence-corrected chi connectivity index (χ1v) is 9.67. The molecular formula is C23H20N4O4. The van der Waals surface area contributed by atoms with Crippen LogP contribution >= 0.6 is 0 Å². The van der Waals surface area contributed by atoms with E-state index in [4.69, 9.17) is 10.3 Å². The molecule has 4 aromatic rings. The molecule has 8 heteroatoms. The number of amides is 2. The Labute approximate surface area is 177 Å². The van der Waals surface area contributed by atoms with Gasteiger partial charge < -0.3 is 20.6 Å². The van der Waals surface area contributed by atoms with Crippen LogP contribution in [0.2, 0.25) is 0 Å². The summed E-state index contributed by atoms with van der Waals surface area (Å²) in [4.78, 5) is 40.4. The van der Waals surface area contributed by atoms with Crippen molar-refractivity contribution in [2.45, 2.75) is 19.4 Å². The molecule has 31 heavy (non-hydrogen) atoms. The fourth-order valence-electron chi connectivity index (χ4n) is 3.56. The van der Waals surface area contributed by atoms with Crippen molar-refractivity contribution in [1.29, 1.82) is 0 Å². The SMILES string of the molecule is Cc1noc(-c2ccccc2)c1C(=O)NC(Cc1c[nH]c2ccccc12)C(=O)C(N)=O. The number of fused-ring (bicyclic) bond motifs is 1. The van der Waals surface area contributed by atoms with Crippen molar-refractivity contribution >= 4 is 28.5 Å². The minimum Gasteiger partial charge on any atom is -0.363 e. The van der Waals surface area contributed by atoms with Gasteiger partial charge in [-0.05, 0) is 18.6 Å². The average molecular weight is 416 g/mol. The number of nitrogens with one attached hydrogen (secondary N) is 2. The van der Waals surface area contributed by atoms with Crippen molar-refractivity contribution < 1.29 is 18.9 Å². The van der Waals surface area contributed by atoms with Gasteiger partial charge in [-0.2, -0.15) is 0 Å². The molecule has 8 nitrogen and oxygen atoms in total. The largest absolute Gasteiger partial charge is 0.363 e. The van der Waals surface area contributed by atoms with Crippen LogP contribution in [0, 0.1) is 6.92 Å². The maximum absolute atomic E-state index is 13.1. The highest BCUT2D eigenvalue weighted by atomic mass is 16.5. The average Bonchev–Trinajstić information content (AvgIpc) is 3.37. The van der Waals surface area contributed by atoms with E-state index in [2.05, 4.69) is 15.5 Å². The molecule has 4 N–H and O–H groups in total. The molecule has 4 rings (SSSR count). The van der Waals surface area contributed by atoms with E-state index in [0.717, 1.165) is 16.5 Å². The summed E-state index contributed by atoms with van der Waals surface area (Å²) >= 11 is 0. The Morgan fingerprint density at radius 1 is 1.10 bits per heavy atom. The molecule has 2 heterocycles. The van der Waals surface area contributed by atoms with Crippen molar-refractivity contribution in [3.05, 3.63) is 77.6 Å². The third kappa shape index (κ3) is 3.95. The van der Waals surface area contributed by atoms with E-state index < -0.39 is 23.6 Å². The zero-order valence-electron chi connectivity index (χ0n) is 16.7. The molecule has 0 aliphatic heterocycles. The number of Topliss-reactive ketones (excluding diaryl/α,β-unsaturated/α-hetero) is 1. The summed E-state index contributed by atoms with van der Waals surface area (Å²) in [5.74, 6) is -2.28. The van der Waals surface area contributed by atoms with E-state index in [-0.39, 0.29) is 17.7 Å². The van der Waals surface area contributed by atoms with E-state index in [9.17, 15) is 14.4 Å². The first-order chi connectivity index (χ1) is 15.0. The van der Waals surface area contributed by atoms with Gasteiger partial charge in [0.05, 0.1) is 5.69 Å². The van der Waals surface area contributed by atoms with E-state index in [1.54, 1.807) is 25.3 Å². The van der Waals surface area contributed by atoms with Crippen molar-refractivity contribution in [1.82, 2.24) is 15.5 Å². The van der Waals surface area contributed by atoms with Crippen LogP contribution in [0.1, 0.15) is 21.6 Å². The minimum absolute atomic E-state index is 0.0997. The lowest BCUT2D eigenvalue weighted by molar-refractivity contribution is -0.137. The third-order valence-corrected chi connectivity index (χ3v) is 5.09. The Morgan fingerprint density at radius 2 is 1.81 bits per heavy atom. The fraction of sp³-hybridized carbons (Fsp3) is 0.130. The highest BCUT2D eigenvalue weighted by molar-refractivity contribution is 6.38. The van der Waals surface area contributed by atoms with Crippen molar-refractivity contribution in [2.75, 3.05) is 0 Å². The maximum Gasteiger partial charge on any atom is 0.287 e. The van der Waals surface area contributed by atoms with Gasteiger partial charge in [0.2, 0.25) is 5.78 Å². The maximum atomic E-state index is 13.1. The van der Waals surface area contributed by atoms with Crippen LogP contribution in [0.5, 0.6) is 0 Å². The van der Waals surface area contributed by atoms with Gasteiger partial charge in [-0.15, -0.1) is 0 Å². The molecule has 0 saturated carbocycles. The van der Waals surface area contributed by atoms with Crippen molar-refractivity contribution in [3.63, 3.8) is 0 Å². The first-order valence-electron chi connectivity index (χ1n) is 9.67. The molecule has 0 aliphatic rings. The van der Waals surface area contributed by atoms with Gasteiger partial charge in [-0.3, -0.25) is 14.4 Å². The molecule has 2 aromatic heterocycles. The predicted molar refractivity (Wildman–Crippen MR) is 114 cm³/mol. The molecule has 1 atom stereocenters. The van der Waals surface area contributed by atoms with E-state index in [0.29, 0.717) is 11.3 Å². The number of benzene rings is 2. The Kier molecular flexibility index (Phi) is 5.36. The molecule has 0 fully saturated rings. The number of carbonyl (C=O) groups excluding carboxylic acids is 3. The summed E-state index contributed by atoms with van der Waals surface area (Å²) < 4.78 is 5.36. The van der Waals surface area contributed by atoms with Crippen molar-refractivity contribution in [3.8, 4) is 11.3 Å². The van der Waals surface area contributed by atoms with Crippen LogP contribution in [0.15, 0.2) is 65.3 Å². The number of carbonyl (C=O) groups is 3. The number of aryl methyl sites for hydroxylation is 1. The van der Waals surface area contributed by atoms with Gasteiger partial charge in [-0.25, -0.2) is 0 Å². The monoisotopic (exact) mass is 416 g/mol. The molecule has 156 valence electrons. The third-order valence-electron chi connectivity index (χ3n) is 5.09. The molecule has 2 aromatic carbocycles. The highest BCUT2D eigenvalue weighted by Crippen LogP contribution is 2.26. The zero-order valence-corrected chi connectivity index (χ0v) is 16.7. The molecule has 0 aliphatic carbocycles. The molecular weight excluding hydrogens is 396 g/mol. The fourth-order valence-corrected chi connectivity index (χ4v) is 3.56. The number of ketones is 1. The lowest BCUT2D eigenvalue weighted by Gasteiger charge is -2.16. The summed E-state index contributed by atoms with van der Waals surface area (Å²) in [5.41, 5.74) is 8.15. The number of nitrogens with zero attached hydrogens (tertiary/aromatic N) is 1. The number of para-hydroxylation sites is 1. The number of hydrogen-bond acceptors (Lipinski definition) is 5. The van der Waals surface area contributed by atoms with Gasteiger partial charge in [-0.1, -0.05) is 53.7 Å². The molecule has 0 saturated heterocycles. The van der Waals surface area contributed by atoms with Crippen molar-refractivity contribution in [2.24, 2.45) is 5.73 Å². The van der Waals surface area contributed by atoms with Crippen LogP contribution in [0.3, 0.4) is 0 Å². The molecule has 2 amide bonds. The summed E-state index contributed by atoms with van der Waals surface area (Å²) in [6.07, 6.45) is 1.85. The Balaban J connectivity index is 1.65. The second-order valence-corrected chi connectivity index (χ2v) is 7.16. The van der Waals surface area contributed by atoms with Crippen LogP contribution in [0.4, 0.5) is 0 Å². The number of aromatic nitrogens is 2. The Bertz CT molecular complexity index is 1270. The Hall–Kier alpha value is -4.20. The van der Waals surface area contributed by atoms with E-state index in [1.165, 1.54) is 0 Å². The van der Waals surface area contributed by atoms with Crippen LogP contribution < -0.4 is 11.1 Å². The van der Waals surface area contributed by atoms with Crippen LogP contribution in [-0.2, 0) is 16.0 Å². The summed E-state index contributed by atoms with van der Waals surface area (Å²) in [6, 6.07) is 15.4. The number of primary amides is 1. The minimum atomic E-state index is -1.14. The highest BCUT2D eigenvalue weighted by Gasteiger charge is 2.30. The van der Waals surface area contributed by atoms with Gasteiger partial charge in [0, 0.05) is 29.1 Å². The molecule has 1 unspecified atom stereocenters. The van der Waals surface area contributed by atoms with Crippen LogP contribution in [0.25, 0.3) is 22.2 Å². The standard InChI is InChI=1S/C23H20N4O4/c1-13-19(21(31-27-13)14-7-3-2-4-8-14)23(30)26-18(20(28)22(24)29)11-15-12-25-17-10-6-5-9-16(15)17/h2-10,12,18,25H,11H2,1H3,(H2,24,29)(H,26,30). The summed E-state index contributed by atoms with van der Waals surface area (Å²) in [5, 5.41) is 7.45. The second-order valence-electron chi connectivity index (χ2n) is 7.16. The number of H-pyrrole nitrogens is 1. The Morgan fingerprint density at radius 3 is 2.55 bits per heavy atom. The number of nitrogens with two attached hydrogens (primary N) is 1. The smallest absolute Gasteiger partial charge is 0.287 e. The van der Waals surface area contributed by atoms with Gasteiger partial charge in [0.25, 0.3) is 11.8 Å². The molecule has 0 radical (unpaired) electrons. The number of aromatic amines is 1. The lowest BCUT2D eigenvalue weighted by Crippen LogP contribution is -2.47. The van der Waals surface area contributed by atoms with Crippen LogP contribution in [-0.4, -0.2) is 33.8 Å². The second kappa shape index (κ2) is 8.27.